The Kier molecular flexibility index (Phi) is 7.37. The third-order valence-electron chi connectivity index (χ3n) is 4.99. The molecule has 5 heteroatoms. The monoisotopic (exact) mass is 333 g/mol. The van der Waals surface area contributed by atoms with E-state index in [1.165, 1.54) is 25.7 Å². The summed E-state index contributed by atoms with van der Waals surface area (Å²) >= 11 is 0. The largest absolute Gasteiger partial charge is 0.496 e. The number of hydrogen-bond donors (Lipinski definition) is 2. The van der Waals surface area contributed by atoms with Gasteiger partial charge in [0.15, 0.2) is 5.96 Å². The molecule has 0 heterocycles. The van der Waals surface area contributed by atoms with Crippen molar-refractivity contribution in [3.8, 4) is 5.75 Å². The fourth-order valence-corrected chi connectivity index (χ4v) is 3.48. The maximum absolute atomic E-state index is 5.40. The van der Waals surface area contributed by atoms with Crippen molar-refractivity contribution < 1.29 is 9.47 Å². The first kappa shape index (κ1) is 18.6. The molecule has 0 atom stereocenters. The average Bonchev–Trinajstić information content (AvgIpc) is 3.09. The van der Waals surface area contributed by atoms with Crippen molar-refractivity contribution in [1.29, 1.82) is 0 Å². The van der Waals surface area contributed by atoms with Crippen LogP contribution in [0.25, 0.3) is 0 Å². The van der Waals surface area contributed by atoms with Crippen molar-refractivity contribution in [2.24, 2.45) is 10.4 Å². The molecule has 5 nitrogen and oxygen atoms in total. The molecular formula is C19H31N3O2. The van der Waals surface area contributed by atoms with Crippen LogP contribution in [0.3, 0.4) is 0 Å². The molecule has 0 aromatic heterocycles. The molecule has 0 saturated heterocycles. The molecule has 134 valence electrons. The number of aliphatic imine (C=N–C) groups is 1. The summed E-state index contributed by atoms with van der Waals surface area (Å²) in [5, 5.41) is 6.90. The van der Waals surface area contributed by atoms with Gasteiger partial charge in [-0.25, -0.2) is 0 Å². The highest BCUT2D eigenvalue weighted by Crippen LogP contribution is 2.40. The molecule has 1 saturated carbocycles. The molecule has 0 bridgehead atoms. The summed E-state index contributed by atoms with van der Waals surface area (Å²) in [6.07, 6.45) is 6.29. The van der Waals surface area contributed by atoms with Gasteiger partial charge in [-0.3, -0.25) is 4.99 Å². The van der Waals surface area contributed by atoms with Gasteiger partial charge in [-0.15, -0.1) is 0 Å². The first-order valence-electron chi connectivity index (χ1n) is 8.78. The fourth-order valence-electron chi connectivity index (χ4n) is 3.48. The van der Waals surface area contributed by atoms with Crippen molar-refractivity contribution >= 4 is 5.96 Å². The topological polar surface area (TPSA) is 54.9 Å². The molecule has 24 heavy (non-hydrogen) atoms. The third kappa shape index (κ3) is 5.13. The summed E-state index contributed by atoms with van der Waals surface area (Å²) in [6.45, 7) is 2.46. The van der Waals surface area contributed by atoms with Crippen molar-refractivity contribution in [1.82, 2.24) is 10.6 Å². The second-order valence-corrected chi connectivity index (χ2v) is 6.54. The molecule has 1 aliphatic rings. The normalized spacial score (nSPS) is 16.9. The van der Waals surface area contributed by atoms with Crippen LogP contribution in [0.1, 0.15) is 37.7 Å². The Morgan fingerprint density at radius 3 is 2.58 bits per heavy atom. The van der Waals surface area contributed by atoms with Crippen molar-refractivity contribution in [3.63, 3.8) is 0 Å². The number of para-hydroxylation sites is 1. The van der Waals surface area contributed by atoms with Gasteiger partial charge >= 0.3 is 0 Å². The van der Waals surface area contributed by atoms with Crippen LogP contribution in [-0.2, 0) is 11.3 Å². The molecule has 0 spiro atoms. The van der Waals surface area contributed by atoms with E-state index in [2.05, 4.69) is 21.7 Å². The van der Waals surface area contributed by atoms with E-state index >= 15 is 0 Å². The molecule has 1 fully saturated rings. The first-order valence-corrected chi connectivity index (χ1v) is 8.78. The second-order valence-electron chi connectivity index (χ2n) is 6.54. The third-order valence-corrected chi connectivity index (χ3v) is 4.99. The Bertz CT molecular complexity index is 525. The Morgan fingerprint density at radius 1 is 1.17 bits per heavy atom. The van der Waals surface area contributed by atoms with E-state index < -0.39 is 0 Å². The summed E-state index contributed by atoms with van der Waals surface area (Å²) in [4.78, 5) is 4.35. The molecule has 2 rings (SSSR count). The Hall–Kier alpha value is -1.75. The van der Waals surface area contributed by atoms with Crippen LogP contribution >= 0.6 is 0 Å². The average molecular weight is 333 g/mol. The number of nitrogens with zero attached hydrogens (tertiary/aromatic N) is 1. The van der Waals surface area contributed by atoms with Gasteiger partial charge in [0.05, 0.1) is 7.11 Å². The van der Waals surface area contributed by atoms with Crippen molar-refractivity contribution in [3.05, 3.63) is 29.8 Å². The van der Waals surface area contributed by atoms with Crippen LogP contribution in [0.15, 0.2) is 29.3 Å². The number of nitrogens with one attached hydrogen (secondary N) is 2. The van der Waals surface area contributed by atoms with Crippen molar-refractivity contribution in [2.45, 2.75) is 38.6 Å². The number of guanidine groups is 1. The fraction of sp³-hybridized carbons (Fsp3) is 0.632. The SMILES string of the molecule is CN=C(NCc1ccccc1OC)NCC1(CCOC)CCCC1. The quantitative estimate of drug-likeness (QED) is 0.567. The zero-order chi connectivity index (χ0) is 17.3. The van der Waals surface area contributed by atoms with Crippen LogP contribution in [0, 0.1) is 5.41 Å². The van der Waals surface area contributed by atoms with E-state index in [4.69, 9.17) is 9.47 Å². The van der Waals surface area contributed by atoms with E-state index in [0.29, 0.717) is 12.0 Å². The summed E-state index contributed by atoms with van der Waals surface area (Å²) in [5.41, 5.74) is 1.47. The lowest BCUT2D eigenvalue weighted by atomic mass is 9.83. The predicted molar refractivity (Wildman–Crippen MR) is 98.6 cm³/mol. The highest BCUT2D eigenvalue weighted by Gasteiger charge is 2.33. The van der Waals surface area contributed by atoms with Crippen LogP contribution in [-0.4, -0.2) is 40.4 Å². The van der Waals surface area contributed by atoms with Crippen LogP contribution in [0.5, 0.6) is 5.75 Å². The van der Waals surface area contributed by atoms with Gasteiger partial charge in [-0.1, -0.05) is 31.0 Å². The van der Waals surface area contributed by atoms with Crippen LogP contribution in [0.2, 0.25) is 0 Å². The minimum atomic E-state index is 0.345. The lowest BCUT2D eigenvalue weighted by Crippen LogP contribution is -2.43. The molecule has 0 unspecified atom stereocenters. The predicted octanol–water partition coefficient (Wildman–Crippen LogP) is 2.96. The maximum Gasteiger partial charge on any atom is 0.191 e. The van der Waals surface area contributed by atoms with Gasteiger partial charge in [-0.05, 0) is 30.7 Å². The summed E-state index contributed by atoms with van der Waals surface area (Å²) in [7, 11) is 5.30. The lowest BCUT2D eigenvalue weighted by molar-refractivity contribution is 0.138. The first-order chi connectivity index (χ1) is 11.7. The standard InChI is InChI=1S/C19H31N3O2/c1-20-18(21-14-16-8-4-5-9-17(16)24-3)22-15-19(12-13-23-2)10-6-7-11-19/h4-5,8-9H,6-7,10-15H2,1-3H3,(H2,20,21,22). The molecule has 0 aliphatic heterocycles. The molecular weight excluding hydrogens is 302 g/mol. The van der Waals surface area contributed by atoms with E-state index in [0.717, 1.165) is 36.8 Å². The van der Waals surface area contributed by atoms with Crippen molar-refractivity contribution in [2.75, 3.05) is 34.4 Å². The van der Waals surface area contributed by atoms with E-state index in [1.54, 1.807) is 14.2 Å². The van der Waals surface area contributed by atoms with Gasteiger partial charge < -0.3 is 20.1 Å². The number of rotatable bonds is 8. The van der Waals surface area contributed by atoms with Gasteiger partial charge in [0.2, 0.25) is 0 Å². The maximum atomic E-state index is 5.40. The molecule has 0 amide bonds. The Labute approximate surface area is 145 Å². The highest BCUT2D eigenvalue weighted by atomic mass is 16.5. The van der Waals surface area contributed by atoms with E-state index in [1.807, 2.05) is 25.2 Å². The molecule has 1 aromatic rings. The molecule has 1 aliphatic carbocycles. The minimum Gasteiger partial charge on any atom is -0.496 e. The van der Waals surface area contributed by atoms with E-state index in [-0.39, 0.29) is 0 Å². The number of methoxy groups -OCH3 is 2. The zero-order valence-electron chi connectivity index (χ0n) is 15.2. The summed E-state index contributed by atoms with van der Waals surface area (Å²) in [5.74, 6) is 1.73. The Balaban J connectivity index is 1.87. The summed E-state index contributed by atoms with van der Waals surface area (Å²) in [6, 6.07) is 8.05. The smallest absolute Gasteiger partial charge is 0.191 e. The second kappa shape index (κ2) is 9.52. The summed E-state index contributed by atoms with van der Waals surface area (Å²) < 4.78 is 10.7. The van der Waals surface area contributed by atoms with Crippen LogP contribution in [0.4, 0.5) is 0 Å². The molecule has 2 N–H and O–H groups in total. The Morgan fingerprint density at radius 2 is 1.92 bits per heavy atom. The molecule has 1 aromatic carbocycles. The highest BCUT2D eigenvalue weighted by molar-refractivity contribution is 5.79. The lowest BCUT2D eigenvalue weighted by Gasteiger charge is -2.30. The number of hydrogen-bond acceptors (Lipinski definition) is 3. The number of benzene rings is 1. The van der Waals surface area contributed by atoms with Gasteiger partial charge in [-0.2, -0.15) is 0 Å². The minimum absolute atomic E-state index is 0.345. The zero-order valence-corrected chi connectivity index (χ0v) is 15.2. The van der Waals surface area contributed by atoms with Crippen LogP contribution < -0.4 is 15.4 Å². The number of ether oxygens (including phenoxy) is 2. The van der Waals surface area contributed by atoms with Gasteiger partial charge in [0.1, 0.15) is 5.75 Å². The molecule has 0 radical (unpaired) electrons. The van der Waals surface area contributed by atoms with Gasteiger partial charge in [0, 0.05) is 39.4 Å². The van der Waals surface area contributed by atoms with Gasteiger partial charge in [0.25, 0.3) is 0 Å². The van der Waals surface area contributed by atoms with E-state index in [9.17, 15) is 0 Å².